The van der Waals surface area contributed by atoms with E-state index < -0.39 is 28.5 Å². The summed E-state index contributed by atoms with van der Waals surface area (Å²) in [6.07, 6.45) is 4.58. The maximum absolute atomic E-state index is 14.2. The lowest BCUT2D eigenvalue weighted by Crippen LogP contribution is -2.53. The van der Waals surface area contributed by atoms with E-state index in [1.165, 1.54) is 16.7 Å². The van der Waals surface area contributed by atoms with Gasteiger partial charge in [0, 0.05) is 18.0 Å². The fraction of sp³-hybridized carbons (Fsp3) is 0.394. The molecule has 0 aliphatic rings. The van der Waals surface area contributed by atoms with E-state index in [0.29, 0.717) is 31.7 Å². The average molecular weight is 626 g/mol. The van der Waals surface area contributed by atoms with Gasteiger partial charge in [0.25, 0.3) is 10.0 Å². The Morgan fingerprint density at radius 2 is 1.60 bits per heavy atom. The summed E-state index contributed by atoms with van der Waals surface area (Å²) >= 11 is 1.51. The second-order valence-corrected chi connectivity index (χ2v) is 12.7. The topological polar surface area (TPSA) is 96.0 Å². The quantitative estimate of drug-likeness (QED) is 0.151. The number of ether oxygens (including phenoxy) is 1. The fourth-order valence-electron chi connectivity index (χ4n) is 4.73. The number of carbonyl (C=O) groups excluding carboxylic acids is 2. The molecule has 43 heavy (non-hydrogen) atoms. The van der Waals surface area contributed by atoms with Crippen molar-refractivity contribution in [2.45, 2.75) is 62.3 Å². The molecule has 232 valence electrons. The first kappa shape index (κ1) is 34.0. The molecule has 2 amide bonds. The van der Waals surface area contributed by atoms with Crippen molar-refractivity contribution >= 4 is 39.3 Å². The van der Waals surface area contributed by atoms with Gasteiger partial charge in [-0.3, -0.25) is 13.9 Å². The van der Waals surface area contributed by atoms with Crippen molar-refractivity contribution in [1.29, 1.82) is 0 Å². The summed E-state index contributed by atoms with van der Waals surface area (Å²) in [6.45, 7) is 6.31. The molecule has 10 heteroatoms. The highest BCUT2D eigenvalue weighted by atomic mass is 32.2. The van der Waals surface area contributed by atoms with Crippen molar-refractivity contribution in [3.05, 3.63) is 84.4 Å². The molecular formula is C33H43N3O5S2. The summed E-state index contributed by atoms with van der Waals surface area (Å²) < 4.78 is 35.3. The third kappa shape index (κ3) is 9.24. The van der Waals surface area contributed by atoms with E-state index in [9.17, 15) is 18.0 Å². The number of carbonyl (C=O) groups is 2. The average Bonchev–Trinajstić information content (AvgIpc) is 3.02. The van der Waals surface area contributed by atoms with Gasteiger partial charge in [-0.15, -0.1) is 11.8 Å². The van der Waals surface area contributed by atoms with Gasteiger partial charge in [-0.1, -0.05) is 62.7 Å². The molecular weight excluding hydrogens is 583 g/mol. The Balaban J connectivity index is 2.04. The number of amides is 2. The van der Waals surface area contributed by atoms with Gasteiger partial charge in [-0.2, -0.15) is 0 Å². The van der Waals surface area contributed by atoms with Crippen molar-refractivity contribution in [2.75, 3.05) is 36.8 Å². The van der Waals surface area contributed by atoms with E-state index in [4.69, 9.17) is 4.74 Å². The standard InChI is InChI=1S/C33H43N3O5S2/c1-5-8-23-34-33(38)29(6-2)35(24-22-26-14-10-9-11-15-26)32(37)25-36(30-16-12-13-17-31(30)41-7-3)43(39,40)28-20-18-27(42-4)19-21-28/h9-21,29H,5-8,22-25H2,1-4H3,(H,34,38). The molecule has 1 atom stereocenters. The molecule has 0 saturated carbocycles. The van der Waals surface area contributed by atoms with Gasteiger partial charge in [0.15, 0.2) is 0 Å². The lowest BCUT2D eigenvalue weighted by molar-refractivity contribution is -0.139. The first-order valence-electron chi connectivity index (χ1n) is 14.8. The van der Waals surface area contributed by atoms with Crippen molar-refractivity contribution < 1.29 is 22.7 Å². The smallest absolute Gasteiger partial charge is 0.264 e. The molecule has 1 N–H and O–H groups in total. The predicted molar refractivity (Wildman–Crippen MR) is 174 cm³/mol. The summed E-state index contributed by atoms with van der Waals surface area (Å²) in [7, 11) is -4.19. The highest BCUT2D eigenvalue weighted by Gasteiger charge is 2.34. The van der Waals surface area contributed by atoms with Gasteiger partial charge in [0.05, 0.1) is 17.2 Å². The van der Waals surface area contributed by atoms with Gasteiger partial charge in [0.1, 0.15) is 18.3 Å². The van der Waals surface area contributed by atoms with Crippen LogP contribution in [0.3, 0.4) is 0 Å². The molecule has 0 spiro atoms. The van der Waals surface area contributed by atoms with Crippen LogP contribution in [0, 0.1) is 0 Å². The molecule has 0 aliphatic carbocycles. The molecule has 0 heterocycles. The lowest BCUT2D eigenvalue weighted by Gasteiger charge is -2.33. The largest absolute Gasteiger partial charge is 0.492 e. The Kier molecular flexibility index (Phi) is 13.4. The van der Waals surface area contributed by atoms with Crippen molar-refractivity contribution in [3.63, 3.8) is 0 Å². The van der Waals surface area contributed by atoms with Crippen molar-refractivity contribution in [2.24, 2.45) is 0 Å². The van der Waals surface area contributed by atoms with Crippen LogP contribution in [0.4, 0.5) is 5.69 Å². The van der Waals surface area contributed by atoms with Crippen LogP contribution >= 0.6 is 11.8 Å². The van der Waals surface area contributed by atoms with Crippen LogP contribution in [-0.4, -0.2) is 63.7 Å². The van der Waals surface area contributed by atoms with Crippen LogP contribution in [0.1, 0.15) is 45.6 Å². The Labute approximate surface area is 260 Å². The minimum Gasteiger partial charge on any atom is -0.492 e. The number of nitrogens with one attached hydrogen (secondary N) is 1. The normalized spacial score (nSPS) is 11.9. The van der Waals surface area contributed by atoms with E-state index in [2.05, 4.69) is 5.32 Å². The molecule has 1 unspecified atom stereocenters. The Morgan fingerprint density at radius 1 is 0.930 bits per heavy atom. The van der Waals surface area contributed by atoms with Gasteiger partial charge >= 0.3 is 0 Å². The minimum absolute atomic E-state index is 0.0598. The second kappa shape index (κ2) is 17.0. The first-order valence-corrected chi connectivity index (χ1v) is 17.4. The zero-order valence-corrected chi connectivity index (χ0v) is 27.1. The predicted octanol–water partition coefficient (Wildman–Crippen LogP) is 5.77. The van der Waals surface area contributed by atoms with E-state index in [-0.39, 0.29) is 23.0 Å². The number of nitrogens with zero attached hydrogens (tertiary/aromatic N) is 2. The zero-order valence-electron chi connectivity index (χ0n) is 25.5. The zero-order chi connectivity index (χ0) is 31.2. The highest BCUT2D eigenvalue weighted by Crippen LogP contribution is 2.33. The molecule has 0 aromatic heterocycles. The number of unbranched alkanes of at least 4 members (excludes halogenated alkanes) is 1. The Bertz CT molecular complexity index is 1420. The van der Waals surface area contributed by atoms with E-state index in [1.54, 1.807) is 48.5 Å². The molecule has 0 radical (unpaired) electrons. The highest BCUT2D eigenvalue weighted by molar-refractivity contribution is 7.98. The van der Waals surface area contributed by atoms with Gasteiger partial charge < -0.3 is 15.0 Å². The maximum atomic E-state index is 14.2. The number of hydrogen-bond acceptors (Lipinski definition) is 6. The van der Waals surface area contributed by atoms with E-state index >= 15 is 0 Å². The van der Waals surface area contributed by atoms with E-state index in [0.717, 1.165) is 27.6 Å². The number of thioether (sulfide) groups is 1. The van der Waals surface area contributed by atoms with Crippen LogP contribution < -0.4 is 14.4 Å². The number of anilines is 1. The molecule has 8 nitrogen and oxygen atoms in total. The fourth-order valence-corrected chi connectivity index (χ4v) is 6.56. The first-order chi connectivity index (χ1) is 20.8. The molecule has 3 aromatic carbocycles. The molecule has 0 fully saturated rings. The SMILES string of the molecule is CCCCNC(=O)C(CC)N(CCc1ccccc1)C(=O)CN(c1ccccc1OCC)S(=O)(=O)c1ccc(SC)cc1. The third-order valence-corrected chi connectivity index (χ3v) is 9.58. The van der Waals surface area contributed by atoms with Crippen molar-refractivity contribution in [3.8, 4) is 5.75 Å². The number of benzene rings is 3. The molecule has 3 rings (SSSR count). The van der Waals surface area contributed by atoms with Crippen LogP contribution in [0.25, 0.3) is 0 Å². The van der Waals surface area contributed by atoms with Crippen LogP contribution in [0.15, 0.2) is 88.7 Å². The number of sulfonamides is 1. The van der Waals surface area contributed by atoms with Crippen LogP contribution in [0.5, 0.6) is 5.75 Å². The minimum atomic E-state index is -4.19. The third-order valence-electron chi connectivity index (χ3n) is 7.06. The van der Waals surface area contributed by atoms with Crippen molar-refractivity contribution in [1.82, 2.24) is 10.2 Å². The molecule has 3 aromatic rings. The van der Waals surface area contributed by atoms with Gasteiger partial charge in [-0.25, -0.2) is 8.42 Å². The number of hydrogen-bond donors (Lipinski definition) is 1. The maximum Gasteiger partial charge on any atom is 0.264 e. The summed E-state index contributed by atoms with van der Waals surface area (Å²) in [5.74, 6) is -0.361. The Morgan fingerprint density at radius 3 is 2.23 bits per heavy atom. The lowest BCUT2D eigenvalue weighted by atomic mass is 10.1. The second-order valence-electron chi connectivity index (χ2n) is 9.98. The van der Waals surface area contributed by atoms with Gasteiger partial charge in [-0.05, 0) is 74.4 Å². The van der Waals surface area contributed by atoms with Crippen LogP contribution in [-0.2, 0) is 26.0 Å². The van der Waals surface area contributed by atoms with E-state index in [1.807, 2.05) is 57.4 Å². The number of para-hydroxylation sites is 2. The monoisotopic (exact) mass is 625 g/mol. The summed E-state index contributed by atoms with van der Waals surface area (Å²) in [5.41, 5.74) is 1.27. The summed E-state index contributed by atoms with van der Waals surface area (Å²) in [6, 6.07) is 22.3. The molecule has 0 saturated heterocycles. The number of rotatable bonds is 17. The summed E-state index contributed by atoms with van der Waals surface area (Å²) in [5, 5.41) is 2.96. The van der Waals surface area contributed by atoms with Crippen LogP contribution in [0.2, 0.25) is 0 Å². The molecule has 0 bridgehead atoms. The molecule has 0 aliphatic heterocycles. The summed E-state index contributed by atoms with van der Waals surface area (Å²) in [4.78, 5) is 30.1. The van der Waals surface area contributed by atoms with Gasteiger partial charge in [0.2, 0.25) is 11.8 Å². The Hall–Kier alpha value is -3.50.